The van der Waals surface area contributed by atoms with Crippen molar-refractivity contribution >= 4 is 27.3 Å². The third-order valence-corrected chi connectivity index (χ3v) is 4.54. The zero-order valence-electron chi connectivity index (χ0n) is 15.2. The number of aryl methyl sites for hydroxylation is 2. The maximum absolute atomic E-state index is 12.6. The second kappa shape index (κ2) is 7.27. The van der Waals surface area contributed by atoms with Gasteiger partial charge >= 0.3 is 0 Å². The largest absolute Gasteiger partial charge is 0.321 e. The van der Waals surface area contributed by atoms with E-state index in [1.807, 2.05) is 25.1 Å². The Morgan fingerprint density at radius 1 is 1.04 bits per heavy atom. The molecule has 1 amide bonds. The number of sulfonamides is 1. The van der Waals surface area contributed by atoms with E-state index in [1.54, 1.807) is 25.1 Å². The maximum atomic E-state index is 12.6. The fourth-order valence-corrected chi connectivity index (χ4v) is 3.28. The molecule has 0 heterocycles. The van der Waals surface area contributed by atoms with Crippen LogP contribution in [0.3, 0.4) is 0 Å². The van der Waals surface area contributed by atoms with Gasteiger partial charge in [0.2, 0.25) is 10.0 Å². The third-order valence-electron chi connectivity index (χ3n) is 3.95. The molecule has 2 aromatic carbocycles. The Balaban J connectivity index is 2.30. The van der Waals surface area contributed by atoms with Gasteiger partial charge in [-0.2, -0.15) is 0 Å². The van der Waals surface area contributed by atoms with Gasteiger partial charge < -0.3 is 5.32 Å². The number of carbonyl (C=O) groups is 1. The molecule has 0 spiro atoms. The Morgan fingerprint density at radius 3 is 2.28 bits per heavy atom. The zero-order chi connectivity index (χ0) is 18.8. The normalized spacial score (nSPS) is 11.4. The number of carbonyl (C=O) groups excluding carboxylic acids is 1. The molecule has 0 saturated heterocycles. The second-order valence-corrected chi connectivity index (χ2v) is 8.30. The lowest BCUT2D eigenvalue weighted by Gasteiger charge is -2.17. The molecule has 0 aliphatic heterocycles. The number of para-hydroxylation sites is 1. The van der Waals surface area contributed by atoms with Gasteiger partial charge in [-0.05, 0) is 54.7 Å². The lowest BCUT2D eigenvalue weighted by Crippen LogP contribution is -2.16. The Morgan fingerprint density at radius 2 is 1.72 bits per heavy atom. The molecule has 0 radical (unpaired) electrons. The molecule has 6 heteroatoms. The number of hydrogen-bond donors (Lipinski definition) is 2. The molecule has 2 rings (SSSR count). The summed E-state index contributed by atoms with van der Waals surface area (Å²) in [6.45, 7) is 7.89. The summed E-state index contributed by atoms with van der Waals surface area (Å²) < 4.78 is 25.2. The van der Waals surface area contributed by atoms with Crippen LogP contribution in [-0.4, -0.2) is 20.6 Å². The zero-order valence-corrected chi connectivity index (χ0v) is 16.0. The first kappa shape index (κ1) is 19.0. The van der Waals surface area contributed by atoms with E-state index in [-0.39, 0.29) is 5.91 Å². The SMILES string of the molecule is Cc1cc(C(=O)Nc2c(C)cccc2C(C)C)ccc1NS(C)(=O)=O. The highest BCUT2D eigenvalue weighted by Crippen LogP contribution is 2.28. The van der Waals surface area contributed by atoms with Crippen LogP contribution in [-0.2, 0) is 10.0 Å². The standard InChI is InChI=1S/C19H24N2O3S/c1-12(2)16-8-6-7-13(3)18(16)20-19(22)15-9-10-17(14(4)11-15)21-25(5,23)24/h6-12,21H,1-5H3,(H,20,22). The maximum Gasteiger partial charge on any atom is 0.255 e. The van der Waals surface area contributed by atoms with Crippen molar-refractivity contribution in [3.05, 3.63) is 58.7 Å². The van der Waals surface area contributed by atoms with Gasteiger partial charge in [-0.15, -0.1) is 0 Å². The lowest BCUT2D eigenvalue weighted by atomic mass is 9.98. The highest BCUT2D eigenvalue weighted by atomic mass is 32.2. The van der Waals surface area contributed by atoms with E-state index in [2.05, 4.69) is 23.9 Å². The molecule has 0 aliphatic carbocycles. The van der Waals surface area contributed by atoms with Crippen molar-refractivity contribution in [2.75, 3.05) is 16.3 Å². The minimum absolute atomic E-state index is 0.217. The fraction of sp³-hybridized carbons (Fsp3) is 0.316. The quantitative estimate of drug-likeness (QED) is 0.844. The van der Waals surface area contributed by atoms with E-state index >= 15 is 0 Å². The number of benzene rings is 2. The van der Waals surface area contributed by atoms with Crippen molar-refractivity contribution in [3.8, 4) is 0 Å². The van der Waals surface area contributed by atoms with Crippen molar-refractivity contribution in [2.24, 2.45) is 0 Å². The Kier molecular flexibility index (Phi) is 5.52. The van der Waals surface area contributed by atoms with Crippen LogP contribution in [0.1, 0.15) is 46.8 Å². The highest BCUT2D eigenvalue weighted by molar-refractivity contribution is 7.92. The number of hydrogen-bond acceptors (Lipinski definition) is 3. The van der Waals surface area contributed by atoms with E-state index < -0.39 is 10.0 Å². The number of anilines is 2. The Hall–Kier alpha value is -2.34. The Labute approximate surface area is 149 Å². The minimum Gasteiger partial charge on any atom is -0.321 e. The average molecular weight is 360 g/mol. The van der Waals surface area contributed by atoms with Crippen molar-refractivity contribution in [1.82, 2.24) is 0 Å². The smallest absolute Gasteiger partial charge is 0.255 e. The minimum atomic E-state index is -3.35. The first-order valence-electron chi connectivity index (χ1n) is 8.08. The first-order valence-corrected chi connectivity index (χ1v) is 9.97. The summed E-state index contributed by atoms with van der Waals surface area (Å²) in [4.78, 5) is 12.6. The average Bonchev–Trinajstić information content (AvgIpc) is 2.49. The summed E-state index contributed by atoms with van der Waals surface area (Å²) in [7, 11) is -3.35. The van der Waals surface area contributed by atoms with Crippen LogP contribution in [0, 0.1) is 13.8 Å². The van der Waals surface area contributed by atoms with Gasteiger partial charge in [-0.1, -0.05) is 32.0 Å². The van der Waals surface area contributed by atoms with Gasteiger partial charge in [0.25, 0.3) is 5.91 Å². The van der Waals surface area contributed by atoms with Gasteiger partial charge in [0.05, 0.1) is 11.9 Å². The van der Waals surface area contributed by atoms with Crippen molar-refractivity contribution in [2.45, 2.75) is 33.6 Å². The van der Waals surface area contributed by atoms with E-state index in [9.17, 15) is 13.2 Å². The molecule has 0 bridgehead atoms. The third kappa shape index (κ3) is 4.82. The number of nitrogens with one attached hydrogen (secondary N) is 2. The highest BCUT2D eigenvalue weighted by Gasteiger charge is 2.14. The summed E-state index contributed by atoms with van der Waals surface area (Å²) in [6, 6.07) is 10.9. The molecule has 5 nitrogen and oxygen atoms in total. The number of amides is 1. The van der Waals surface area contributed by atoms with E-state index in [0.29, 0.717) is 22.7 Å². The van der Waals surface area contributed by atoms with Crippen LogP contribution in [0.5, 0.6) is 0 Å². The molecule has 25 heavy (non-hydrogen) atoms. The van der Waals surface area contributed by atoms with E-state index in [1.165, 1.54) is 0 Å². The van der Waals surface area contributed by atoms with Crippen molar-refractivity contribution in [3.63, 3.8) is 0 Å². The monoisotopic (exact) mass is 360 g/mol. The van der Waals surface area contributed by atoms with Gasteiger partial charge in [-0.3, -0.25) is 9.52 Å². The molecule has 0 atom stereocenters. The molecule has 2 N–H and O–H groups in total. The molecular weight excluding hydrogens is 336 g/mol. The van der Waals surface area contributed by atoms with Crippen LogP contribution >= 0.6 is 0 Å². The van der Waals surface area contributed by atoms with Crippen LogP contribution in [0.15, 0.2) is 36.4 Å². The summed E-state index contributed by atoms with van der Waals surface area (Å²) in [5.41, 5.74) is 4.56. The fourth-order valence-electron chi connectivity index (χ4n) is 2.65. The molecule has 0 aliphatic rings. The van der Waals surface area contributed by atoms with E-state index in [4.69, 9.17) is 0 Å². The molecule has 0 fully saturated rings. The molecule has 2 aromatic rings. The van der Waals surface area contributed by atoms with Crippen LogP contribution in [0.2, 0.25) is 0 Å². The summed E-state index contributed by atoms with van der Waals surface area (Å²) in [6.07, 6.45) is 1.10. The summed E-state index contributed by atoms with van der Waals surface area (Å²) in [5, 5.41) is 2.99. The second-order valence-electron chi connectivity index (χ2n) is 6.55. The molecular formula is C19H24N2O3S. The topological polar surface area (TPSA) is 75.3 Å². The lowest BCUT2D eigenvalue weighted by molar-refractivity contribution is 0.102. The molecule has 0 aromatic heterocycles. The van der Waals surface area contributed by atoms with Gasteiger partial charge in [0.15, 0.2) is 0 Å². The molecule has 134 valence electrons. The predicted octanol–water partition coefficient (Wildman–Crippen LogP) is 4.05. The predicted molar refractivity (Wildman–Crippen MR) is 103 cm³/mol. The molecule has 0 unspecified atom stereocenters. The van der Waals surface area contributed by atoms with Crippen LogP contribution < -0.4 is 10.0 Å². The van der Waals surface area contributed by atoms with Crippen LogP contribution in [0.4, 0.5) is 11.4 Å². The summed E-state index contributed by atoms with van der Waals surface area (Å²) in [5.74, 6) is 0.0727. The molecule has 0 saturated carbocycles. The van der Waals surface area contributed by atoms with Gasteiger partial charge in [0, 0.05) is 11.3 Å². The van der Waals surface area contributed by atoms with Crippen molar-refractivity contribution < 1.29 is 13.2 Å². The van der Waals surface area contributed by atoms with Gasteiger partial charge in [0.1, 0.15) is 0 Å². The van der Waals surface area contributed by atoms with Crippen molar-refractivity contribution in [1.29, 1.82) is 0 Å². The number of rotatable bonds is 5. The van der Waals surface area contributed by atoms with Gasteiger partial charge in [-0.25, -0.2) is 8.42 Å². The first-order chi connectivity index (χ1) is 11.6. The van der Waals surface area contributed by atoms with Crippen LogP contribution in [0.25, 0.3) is 0 Å². The summed E-state index contributed by atoms with van der Waals surface area (Å²) >= 11 is 0. The van der Waals surface area contributed by atoms with E-state index in [0.717, 1.165) is 23.1 Å². The Bertz CT molecular complexity index is 903.